The quantitative estimate of drug-likeness (QED) is 0.805. The first kappa shape index (κ1) is 15.6. The standard InChI is InChI=1S/C14H21Cl2NO/c1-3-5-11(17)7-4-6-10-8-12(15)14(18-2)13(16)9-10/h8-9,11H,3-7,17H2,1-2H3. The molecule has 0 aliphatic heterocycles. The van der Waals surface area contributed by atoms with Crippen LogP contribution in [-0.4, -0.2) is 13.2 Å². The molecule has 4 heteroatoms. The van der Waals surface area contributed by atoms with E-state index in [1.54, 1.807) is 7.11 Å². The number of halogens is 2. The Bertz CT molecular complexity index is 359. The van der Waals surface area contributed by atoms with Crippen LogP contribution in [0.3, 0.4) is 0 Å². The lowest BCUT2D eigenvalue weighted by molar-refractivity contribution is 0.415. The maximum absolute atomic E-state index is 6.09. The van der Waals surface area contributed by atoms with E-state index in [1.165, 1.54) is 0 Å². The monoisotopic (exact) mass is 289 g/mol. The number of hydrogen-bond donors (Lipinski definition) is 1. The molecule has 0 bridgehead atoms. The summed E-state index contributed by atoms with van der Waals surface area (Å²) in [6.45, 7) is 2.16. The van der Waals surface area contributed by atoms with Crippen LogP contribution in [-0.2, 0) is 6.42 Å². The largest absolute Gasteiger partial charge is 0.494 e. The van der Waals surface area contributed by atoms with Crippen LogP contribution in [0.15, 0.2) is 12.1 Å². The summed E-state index contributed by atoms with van der Waals surface area (Å²) in [5, 5.41) is 1.13. The summed E-state index contributed by atoms with van der Waals surface area (Å²) in [6.07, 6.45) is 5.27. The summed E-state index contributed by atoms with van der Waals surface area (Å²) in [5.74, 6) is 0.546. The Morgan fingerprint density at radius 2 is 1.83 bits per heavy atom. The van der Waals surface area contributed by atoms with Gasteiger partial charge < -0.3 is 10.5 Å². The first-order valence-electron chi connectivity index (χ1n) is 6.36. The Hall–Kier alpha value is -0.440. The zero-order valence-corrected chi connectivity index (χ0v) is 12.5. The van der Waals surface area contributed by atoms with E-state index in [9.17, 15) is 0 Å². The molecule has 0 aromatic heterocycles. The van der Waals surface area contributed by atoms with Crippen molar-refractivity contribution in [1.29, 1.82) is 0 Å². The lowest BCUT2D eigenvalue weighted by Gasteiger charge is -2.11. The second-order valence-electron chi connectivity index (χ2n) is 4.53. The van der Waals surface area contributed by atoms with Gasteiger partial charge >= 0.3 is 0 Å². The molecule has 0 saturated carbocycles. The predicted octanol–water partition coefficient (Wildman–Crippen LogP) is 4.45. The number of rotatable bonds is 7. The molecule has 0 saturated heterocycles. The Morgan fingerprint density at radius 3 is 2.33 bits per heavy atom. The molecule has 2 nitrogen and oxygen atoms in total. The van der Waals surface area contributed by atoms with E-state index in [-0.39, 0.29) is 0 Å². The minimum atomic E-state index is 0.305. The maximum Gasteiger partial charge on any atom is 0.156 e. The summed E-state index contributed by atoms with van der Waals surface area (Å²) in [4.78, 5) is 0. The van der Waals surface area contributed by atoms with E-state index < -0.39 is 0 Å². The van der Waals surface area contributed by atoms with Crippen molar-refractivity contribution in [1.82, 2.24) is 0 Å². The SMILES string of the molecule is CCCC(N)CCCc1cc(Cl)c(OC)c(Cl)c1. The normalized spacial score (nSPS) is 12.5. The molecule has 0 aliphatic rings. The van der Waals surface area contributed by atoms with Crippen molar-refractivity contribution < 1.29 is 4.74 Å². The summed E-state index contributed by atoms with van der Waals surface area (Å²) >= 11 is 12.2. The average molecular weight is 290 g/mol. The molecule has 1 aromatic carbocycles. The van der Waals surface area contributed by atoms with Crippen molar-refractivity contribution in [2.75, 3.05) is 7.11 Å². The molecule has 102 valence electrons. The van der Waals surface area contributed by atoms with Gasteiger partial charge in [-0.25, -0.2) is 0 Å². The first-order chi connectivity index (χ1) is 8.58. The predicted molar refractivity (Wildman–Crippen MR) is 78.8 cm³/mol. The molecule has 0 heterocycles. The third kappa shape index (κ3) is 4.68. The molecule has 0 fully saturated rings. The average Bonchev–Trinajstić information content (AvgIpc) is 2.29. The summed E-state index contributed by atoms with van der Waals surface area (Å²) in [6, 6.07) is 4.13. The molecule has 1 atom stereocenters. The minimum Gasteiger partial charge on any atom is -0.494 e. The van der Waals surface area contributed by atoms with Crippen LogP contribution >= 0.6 is 23.2 Å². The molecule has 18 heavy (non-hydrogen) atoms. The van der Waals surface area contributed by atoms with Crippen LogP contribution in [0, 0.1) is 0 Å². The van der Waals surface area contributed by atoms with E-state index in [0.717, 1.165) is 37.7 Å². The molecule has 1 aromatic rings. The van der Waals surface area contributed by atoms with Crippen LogP contribution in [0.2, 0.25) is 10.0 Å². The Labute approximate surface area is 119 Å². The number of aryl methyl sites for hydroxylation is 1. The second kappa shape index (κ2) is 7.88. The number of methoxy groups -OCH3 is 1. The zero-order chi connectivity index (χ0) is 13.5. The van der Waals surface area contributed by atoms with Crippen molar-refractivity contribution in [3.63, 3.8) is 0 Å². The smallest absolute Gasteiger partial charge is 0.156 e. The molecule has 0 aliphatic carbocycles. The van der Waals surface area contributed by atoms with Crippen molar-refractivity contribution in [2.45, 2.75) is 45.1 Å². The van der Waals surface area contributed by atoms with Gasteiger partial charge in [0.05, 0.1) is 17.2 Å². The zero-order valence-electron chi connectivity index (χ0n) is 11.0. The fourth-order valence-corrected chi connectivity index (χ4v) is 2.72. The summed E-state index contributed by atoms with van der Waals surface area (Å²) in [7, 11) is 1.57. The molecule has 1 rings (SSSR count). The Morgan fingerprint density at radius 1 is 1.22 bits per heavy atom. The fraction of sp³-hybridized carbons (Fsp3) is 0.571. The topological polar surface area (TPSA) is 35.2 Å². The Balaban J connectivity index is 2.53. The van der Waals surface area contributed by atoms with Gasteiger partial charge in [-0.3, -0.25) is 0 Å². The molecular formula is C14H21Cl2NO. The van der Waals surface area contributed by atoms with E-state index in [2.05, 4.69) is 6.92 Å². The fourth-order valence-electron chi connectivity index (χ4n) is 2.04. The van der Waals surface area contributed by atoms with E-state index in [1.807, 2.05) is 12.1 Å². The van der Waals surface area contributed by atoms with Crippen molar-refractivity contribution in [2.24, 2.45) is 5.73 Å². The van der Waals surface area contributed by atoms with Crippen LogP contribution in [0.4, 0.5) is 0 Å². The molecule has 2 N–H and O–H groups in total. The molecule has 0 amide bonds. The number of ether oxygens (including phenoxy) is 1. The summed E-state index contributed by atoms with van der Waals surface area (Å²) in [5.41, 5.74) is 7.12. The van der Waals surface area contributed by atoms with Gasteiger partial charge in [0.1, 0.15) is 0 Å². The third-order valence-corrected chi connectivity index (χ3v) is 3.52. The lowest BCUT2D eigenvalue weighted by atomic mass is 10.0. The van der Waals surface area contributed by atoms with Crippen LogP contribution in [0.5, 0.6) is 5.75 Å². The molecule has 0 radical (unpaired) electrons. The highest BCUT2D eigenvalue weighted by molar-refractivity contribution is 6.37. The lowest BCUT2D eigenvalue weighted by Crippen LogP contribution is -2.19. The van der Waals surface area contributed by atoms with E-state index in [4.69, 9.17) is 33.7 Å². The van der Waals surface area contributed by atoms with Gasteiger partial charge in [0.25, 0.3) is 0 Å². The van der Waals surface area contributed by atoms with Crippen molar-refractivity contribution in [3.05, 3.63) is 27.7 Å². The molecule has 0 spiro atoms. The van der Waals surface area contributed by atoms with Crippen molar-refractivity contribution in [3.8, 4) is 5.75 Å². The van der Waals surface area contributed by atoms with Gasteiger partial charge in [-0.1, -0.05) is 36.5 Å². The minimum absolute atomic E-state index is 0.305. The van der Waals surface area contributed by atoms with Gasteiger partial charge in [0.15, 0.2) is 5.75 Å². The van der Waals surface area contributed by atoms with E-state index in [0.29, 0.717) is 21.8 Å². The number of nitrogens with two attached hydrogens (primary N) is 1. The Kier molecular flexibility index (Phi) is 6.83. The molecular weight excluding hydrogens is 269 g/mol. The van der Waals surface area contributed by atoms with Gasteiger partial charge in [-0.15, -0.1) is 0 Å². The van der Waals surface area contributed by atoms with Crippen LogP contribution in [0.1, 0.15) is 38.2 Å². The van der Waals surface area contributed by atoms with Gasteiger partial charge in [-0.2, -0.15) is 0 Å². The van der Waals surface area contributed by atoms with Gasteiger partial charge in [0, 0.05) is 6.04 Å². The van der Waals surface area contributed by atoms with Crippen molar-refractivity contribution >= 4 is 23.2 Å². The highest BCUT2D eigenvalue weighted by atomic mass is 35.5. The van der Waals surface area contributed by atoms with Crippen LogP contribution in [0.25, 0.3) is 0 Å². The maximum atomic E-state index is 6.09. The third-order valence-electron chi connectivity index (χ3n) is 2.96. The first-order valence-corrected chi connectivity index (χ1v) is 7.11. The molecule has 1 unspecified atom stereocenters. The highest BCUT2D eigenvalue weighted by Gasteiger charge is 2.09. The van der Waals surface area contributed by atoms with E-state index >= 15 is 0 Å². The highest BCUT2D eigenvalue weighted by Crippen LogP contribution is 2.34. The van der Waals surface area contributed by atoms with Gasteiger partial charge in [-0.05, 0) is 43.4 Å². The van der Waals surface area contributed by atoms with Gasteiger partial charge in [0.2, 0.25) is 0 Å². The number of benzene rings is 1. The van der Waals surface area contributed by atoms with Crippen LogP contribution < -0.4 is 10.5 Å². The summed E-state index contributed by atoms with van der Waals surface area (Å²) < 4.78 is 5.12. The second-order valence-corrected chi connectivity index (χ2v) is 5.35. The number of hydrogen-bond acceptors (Lipinski definition) is 2.